The zero-order chi connectivity index (χ0) is 39.7. The molecule has 55 heavy (non-hydrogen) atoms. The van der Waals surface area contributed by atoms with Crippen molar-refractivity contribution in [2.24, 2.45) is 56.7 Å². The number of hydrogen-bond acceptors (Lipinski definition) is 4. The Labute approximate surface area is 327 Å². The molecule has 2 aromatic rings. The second-order valence-corrected chi connectivity index (χ2v) is 19.7. The fourth-order valence-electron chi connectivity index (χ4n) is 14.0. The van der Waals surface area contributed by atoms with Gasteiger partial charge in [0.05, 0.1) is 22.6 Å². The maximum absolute atomic E-state index is 15.8. The maximum Gasteiger partial charge on any atom is 0.335 e. The van der Waals surface area contributed by atoms with Crippen LogP contribution in [0.5, 0.6) is 0 Å². The summed E-state index contributed by atoms with van der Waals surface area (Å²) in [5.41, 5.74) is 2.26. The molecule has 2 aromatic carbocycles. The van der Waals surface area contributed by atoms with Crippen molar-refractivity contribution in [3.63, 3.8) is 0 Å². The minimum atomic E-state index is -1.03. The average molecular weight is 755 g/mol. The summed E-state index contributed by atoms with van der Waals surface area (Å²) in [4.78, 5) is 38.8. The molecule has 4 N–H and O–H groups in total. The number of carbonyl (C=O) groups is 3. The van der Waals surface area contributed by atoms with E-state index in [-0.39, 0.29) is 70.2 Å². The molecule has 4 unspecified atom stereocenters. The second kappa shape index (κ2) is 14.1. The molecule has 8 heteroatoms. The van der Waals surface area contributed by atoms with E-state index in [1.807, 2.05) is 0 Å². The van der Waals surface area contributed by atoms with E-state index in [9.17, 15) is 19.5 Å². The summed E-state index contributed by atoms with van der Waals surface area (Å²) in [6, 6.07) is 11.0. The summed E-state index contributed by atoms with van der Waals surface area (Å²) in [7, 11) is 0. The molecule has 0 saturated heterocycles. The lowest BCUT2D eigenvalue weighted by molar-refractivity contribution is -0.246. The Morgan fingerprint density at radius 3 is 2.25 bits per heavy atom. The van der Waals surface area contributed by atoms with Gasteiger partial charge in [-0.1, -0.05) is 71.0 Å². The van der Waals surface area contributed by atoms with Crippen LogP contribution in [0.15, 0.2) is 54.6 Å². The molecule has 0 heterocycles. The Kier molecular flexibility index (Phi) is 10.2. The lowest BCUT2D eigenvalue weighted by atomic mass is 9.32. The minimum Gasteiger partial charge on any atom is -0.478 e. The van der Waals surface area contributed by atoms with Crippen LogP contribution in [-0.4, -0.2) is 40.6 Å². The highest BCUT2D eigenvalue weighted by Crippen LogP contribution is 2.77. The number of benzene rings is 2. The third-order valence-electron chi connectivity index (χ3n) is 17.2. The van der Waals surface area contributed by atoms with Crippen molar-refractivity contribution in [2.45, 2.75) is 125 Å². The second-order valence-electron chi connectivity index (χ2n) is 19.7. The van der Waals surface area contributed by atoms with Gasteiger partial charge < -0.3 is 20.8 Å². The first-order valence-corrected chi connectivity index (χ1v) is 20.9. The standard InChI is InChI=1S/C47H63FN2O5/c1-28(2)32-17-23-47(42(55)49-26-20-30-9-8-10-33(39(30)48)40(52)50-27-29-11-13-31(14-12-29)41(53)54)25-24-45(6)34(38(32)47)15-16-36-44(5)21-19-37(51)43(3,4)35(44)18-22-46(36,45)7/h8-14,32,34-38,51H,1,15-27H2,2-7H3,(H,49,55)(H,50,52)(H,53,54)/t32-,34?,35?,36?,37-,38?,44-,45+,46+,47-/m0/s1. The van der Waals surface area contributed by atoms with Crippen molar-refractivity contribution >= 4 is 17.8 Å². The van der Waals surface area contributed by atoms with Crippen molar-refractivity contribution in [3.05, 3.63) is 82.7 Å². The van der Waals surface area contributed by atoms with Gasteiger partial charge in [0.15, 0.2) is 0 Å². The fourth-order valence-corrected chi connectivity index (χ4v) is 14.0. The van der Waals surface area contributed by atoms with E-state index in [2.05, 4.69) is 58.8 Å². The normalized spacial score (nSPS) is 37.4. The van der Waals surface area contributed by atoms with Gasteiger partial charge in [-0.3, -0.25) is 9.59 Å². The van der Waals surface area contributed by atoms with Gasteiger partial charge in [-0.2, -0.15) is 0 Å². The average Bonchev–Trinajstić information content (AvgIpc) is 3.55. The molecule has 5 aliphatic carbocycles. The minimum absolute atomic E-state index is 0.0590. The molecular weight excluding hydrogens is 692 g/mol. The number of carboxylic acids is 1. The quantitative estimate of drug-likeness (QED) is 0.191. The molecule has 0 bridgehead atoms. The van der Waals surface area contributed by atoms with Crippen LogP contribution < -0.4 is 10.6 Å². The van der Waals surface area contributed by atoms with Gasteiger partial charge in [-0.05, 0) is 158 Å². The number of amides is 2. The van der Waals surface area contributed by atoms with E-state index in [1.54, 1.807) is 24.3 Å². The van der Waals surface area contributed by atoms with Gasteiger partial charge in [-0.15, -0.1) is 0 Å². The summed E-state index contributed by atoms with van der Waals surface area (Å²) in [6.45, 7) is 19.4. The number of hydrogen-bond donors (Lipinski definition) is 4. The largest absolute Gasteiger partial charge is 0.478 e. The fraction of sp³-hybridized carbons (Fsp3) is 0.638. The lowest BCUT2D eigenvalue weighted by Gasteiger charge is -2.72. The Hall–Kier alpha value is -3.52. The summed E-state index contributed by atoms with van der Waals surface area (Å²) >= 11 is 0. The summed E-state index contributed by atoms with van der Waals surface area (Å²) in [6.07, 6.45) is 10.3. The van der Waals surface area contributed by atoms with Gasteiger partial charge in [0, 0.05) is 13.1 Å². The lowest BCUT2D eigenvalue weighted by Crippen LogP contribution is -2.67. The predicted molar refractivity (Wildman–Crippen MR) is 213 cm³/mol. The van der Waals surface area contributed by atoms with Crippen LogP contribution in [0.25, 0.3) is 0 Å². The van der Waals surface area contributed by atoms with Gasteiger partial charge in [0.1, 0.15) is 5.82 Å². The van der Waals surface area contributed by atoms with E-state index in [0.717, 1.165) is 51.4 Å². The number of rotatable bonds is 9. The van der Waals surface area contributed by atoms with Crippen LogP contribution in [0.3, 0.4) is 0 Å². The number of fused-ring (bicyclic) bond motifs is 7. The Balaban J connectivity index is 1.05. The number of allylic oxidation sites excluding steroid dienone is 1. The number of aliphatic hydroxyl groups excluding tert-OH is 1. The van der Waals surface area contributed by atoms with Gasteiger partial charge in [0.2, 0.25) is 5.91 Å². The first kappa shape index (κ1) is 39.7. The summed E-state index contributed by atoms with van der Waals surface area (Å²) in [5.74, 6) is -0.0282. The zero-order valence-corrected chi connectivity index (χ0v) is 33.9. The Bertz CT molecular complexity index is 1860. The van der Waals surface area contributed by atoms with E-state index < -0.39 is 23.1 Å². The molecule has 0 spiro atoms. The van der Waals surface area contributed by atoms with Crippen LogP contribution in [0.1, 0.15) is 138 Å². The molecule has 0 radical (unpaired) electrons. The molecule has 2 amide bonds. The number of carboxylic acid groups (broad SMARTS) is 1. The highest BCUT2D eigenvalue weighted by Gasteiger charge is 2.71. The van der Waals surface area contributed by atoms with Crippen molar-refractivity contribution in [1.82, 2.24) is 10.6 Å². The predicted octanol–water partition coefficient (Wildman–Crippen LogP) is 9.13. The van der Waals surface area contributed by atoms with Crippen molar-refractivity contribution < 1.29 is 29.0 Å². The molecule has 5 aliphatic rings. The molecule has 5 saturated carbocycles. The molecule has 0 aliphatic heterocycles. The van der Waals surface area contributed by atoms with Gasteiger partial charge in [-0.25, -0.2) is 9.18 Å². The smallest absolute Gasteiger partial charge is 0.335 e. The van der Waals surface area contributed by atoms with E-state index >= 15 is 4.39 Å². The molecule has 0 aromatic heterocycles. The molecule has 10 atom stereocenters. The molecule has 5 fully saturated rings. The van der Waals surface area contributed by atoms with Crippen molar-refractivity contribution in [1.29, 1.82) is 0 Å². The monoisotopic (exact) mass is 754 g/mol. The summed E-state index contributed by atoms with van der Waals surface area (Å²) in [5, 5.41) is 26.3. The number of carbonyl (C=O) groups excluding carboxylic acids is 2. The number of aromatic carboxylic acids is 1. The molecule has 298 valence electrons. The van der Waals surface area contributed by atoms with Crippen LogP contribution in [-0.2, 0) is 17.8 Å². The molecule has 7 rings (SSSR count). The summed E-state index contributed by atoms with van der Waals surface area (Å²) < 4.78 is 15.8. The van der Waals surface area contributed by atoms with Crippen molar-refractivity contribution in [2.75, 3.05) is 6.54 Å². The van der Waals surface area contributed by atoms with Crippen LogP contribution in [0.4, 0.5) is 4.39 Å². The van der Waals surface area contributed by atoms with Crippen LogP contribution >= 0.6 is 0 Å². The Morgan fingerprint density at radius 1 is 0.836 bits per heavy atom. The highest BCUT2D eigenvalue weighted by atomic mass is 19.1. The van der Waals surface area contributed by atoms with Gasteiger partial charge in [0.25, 0.3) is 5.91 Å². The third-order valence-corrected chi connectivity index (χ3v) is 17.2. The topological polar surface area (TPSA) is 116 Å². The SMILES string of the molecule is C=C(C)[C@@H]1CC[C@]2(C(=O)NCCc3cccc(C(=O)NCc4ccc(C(=O)O)cc4)c3F)CC[C@]3(C)C(CCC4[C@@]5(C)CC[C@H](O)C(C)(C)C5CC[C@]43C)C12. The number of halogens is 1. The molecule has 7 nitrogen and oxygen atoms in total. The highest BCUT2D eigenvalue weighted by molar-refractivity contribution is 5.94. The van der Waals surface area contributed by atoms with Gasteiger partial charge >= 0.3 is 5.97 Å². The van der Waals surface area contributed by atoms with E-state index in [1.165, 1.54) is 36.6 Å². The number of aliphatic hydroxyl groups is 1. The van der Waals surface area contributed by atoms with Crippen molar-refractivity contribution in [3.8, 4) is 0 Å². The molecular formula is C47H63FN2O5. The third kappa shape index (κ3) is 6.19. The Morgan fingerprint density at radius 2 is 1.56 bits per heavy atom. The van der Waals surface area contributed by atoms with E-state index in [0.29, 0.717) is 34.8 Å². The maximum atomic E-state index is 15.8. The first-order valence-electron chi connectivity index (χ1n) is 20.9. The zero-order valence-electron chi connectivity index (χ0n) is 33.9. The first-order chi connectivity index (χ1) is 25.9. The number of nitrogens with one attached hydrogen (secondary N) is 2. The van der Waals surface area contributed by atoms with Crippen LogP contribution in [0.2, 0.25) is 0 Å². The van der Waals surface area contributed by atoms with E-state index in [4.69, 9.17) is 5.11 Å². The van der Waals surface area contributed by atoms with Crippen LogP contribution in [0, 0.1) is 62.5 Å².